The van der Waals surface area contributed by atoms with Crippen LogP contribution in [0.1, 0.15) is 22.8 Å². The Morgan fingerprint density at radius 2 is 1.83 bits per heavy atom. The fourth-order valence-electron chi connectivity index (χ4n) is 2.52. The summed E-state index contributed by atoms with van der Waals surface area (Å²) in [6, 6.07) is 15.9. The smallest absolute Gasteiger partial charge is 0.217 e. The SMILES string of the molecule is O=S(O)Cc1ccc([C@H]2OC(c3ccccc3)=N[C@@H]2CF)cc1. The summed E-state index contributed by atoms with van der Waals surface area (Å²) in [6.07, 6.45) is -0.483. The maximum absolute atomic E-state index is 13.3. The first-order chi connectivity index (χ1) is 11.2. The minimum absolute atomic E-state index is 0.0735. The van der Waals surface area contributed by atoms with Gasteiger partial charge in [0.05, 0.1) is 5.75 Å². The van der Waals surface area contributed by atoms with Crippen LogP contribution < -0.4 is 0 Å². The Kier molecular flexibility index (Phi) is 4.83. The van der Waals surface area contributed by atoms with Crippen molar-refractivity contribution in [2.45, 2.75) is 17.9 Å². The van der Waals surface area contributed by atoms with E-state index in [-0.39, 0.29) is 5.75 Å². The van der Waals surface area contributed by atoms with Gasteiger partial charge in [-0.05, 0) is 23.3 Å². The standard InChI is InChI=1S/C17H16FNO3S/c18-10-15-16(13-8-6-12(7-9-13)11-23(20)21)22-17(19-15)14-4-2-1-3-5-14/h1-9,15-16H,10-11H2,(H,20,21)/t15-,16-/m1/s1. The number of hydrogen-bond donors (Lipinski definition) is 1. The maximum atomic E-state index is 13.3. The fraction of sp³-hybridized carbons (Fsp3) is 0.235. The molecule has 1 heterocycles. The Morgan fingerprint density at radius 1 is 1.13 bits per heavy atom. The van der Waals surface area contributed by atoms with Gasteiger partial charge in [-0.25, -0.2) is 13.6 Å². The van der Waals surface area contributed by atoms with Gasteiger partial charge in [0.2, 0.25) is 5.90 Å². The van der Waals surface area contributed by atoms with E-state index in [0.29, 0.717) is 5.90 Å². The fourth-order valence-corrected chi connectivity index (χ4v) is 3.00. The van der Waals surface area contributed by atoms with E-state index in [1.807, 2.05) is 30.3 Å². The molecule has 2 aromatic carbocycles. The van der Waals surface area contributed by atoms with Crippen LogP contribution in [0, 0.1) is 0 Å². The molecule has 1 aliphatic heterocycles. The van der Waals surface area contributed by atoms with Gasteiger partial charge in [0.25, 0.3) is 0 Å². The Balaban J connectivity index is 1.79. The molecule has 0 radical (unpaired) electrons. The van der Waals surface area contributed by atoms with Crippen molar-refractivity contribution in [3.63, 3.8) is 0 Å². The zero-order valence-corrected chi connectivity index (χ0v) is 13.1. The highest BCUT2D eigenvalue weighted by molar-refractivity contribution is 7.78. The van der Waals surface area contributed by atoms with Crippen LogP contribution in [0.3, 0.4) is 0 Å². The molecule has 0 fully saturated rings. The monoisotopic (exact) mass is 333 g/mol. The average Bonchev–Trinajstić information content (AvgIpc) is 3.00. The summed E-state index contributed by atoms with van der Waals surface area (Å²) >= 11 is -1.88. The van der Waals surface area contributed by atoms with Crippen molar-refractivity contribution in [3.8, 4) is 0 Å². The lowest BCUT2D eigenvalue weighted by Gasteiger charge is -2.16. The number of hydrogen-bond acceptors (Lipinski definition) is 3. The van der Waals surface area contributed by atoms with Gasteiger partial charge in [0.1, 0.15) is 12.7 Å². The molecule has 120 valence electrons. The molecule has 2 aromatic rings. The Bertz CT molecular complexity index is 718. The first-order valence-corrected chi connectivity index (χ1v) is 8.47. The third-order valence-electron chi connectivity index (χ3n) is 3.65. The van der Waals surface area contributed by atoms with E-state index >= 15 is 0 Å². The minimum atomic E-state index is -1.88. The molecule has 23 heavy (non-hydrogen) atoms. The van der Waals surface area contributed by atoms with E-state index in [4.69, 9.17) is 9.29 Å². The van der Waals surface area contributed by atoms with Crippen LogP contribution in [0.4, 0.5) is 4.39 Å². The summed E-state index contributed by atoms with van der Waals surface area (Å²) in [7, 11) is 0. The van der Waals surface area contributed by atoms with E-state index < -0.39 is 29.9 Å². The molecule has 1 aliphatic rings. The van der Waals surface area contributed by atoms with Crippen molar-refractivity contribution >= 4 is 17.0 Å². The molecular weight excluding hydrogens is 317 g/mol. The van der Waals surface area contributed by atoms with Gasteiger partial charge >= 0.3 is 0 Å². The number of halogens is 1. The zero-order valence-electron chi connectivity index (χ0n) is 12.3. The Labute approximate surface area is 136 Å². The van der Waals surface area contributed by atoms with Crippen LogP contribution in [0.2, 0.25) is 0 Å². The largest absolute Gasteiger partial charge is 0.467 e. The van der Waals surface area contributed by atoms with Crippen LogP contribution in [-0.2, 0) is 21.6 Å². The van der Waals surface area contributed by atoms with Gasteiger partial charge in [-0.1, -0.05) is 42.5 Å². The third-order valence-corrected chi connectivity index (χ3v) is 4.23. The molecule has 3 rings (SSSR count). The second kappa shape index (κ2) is 7.02. The summed E-state index contributed by atoms with van der Waals surface area (Å²) in [6.45, 7) is -0.608. The van der Waals surface area contributed by atoms with Crippen molar-refractivity contribution in [2.24, 2.45) is 4.99 Å². The number of rotatable bonds is 5. The first-order valence-electron chi connectivity index (χ1n) is 7.19. The quantitative estimate of drug-likeness (QED) is 0.855. The lowest BCUT2D eigenvalue weighted by Crippen LogP contribution is -2.16. The summed E-state index contributed by atoms with van der Waals surface area (Å²) < 4.78 is 38.9. The lowest BCUT2D eigenvalue weighted by molar-refractivity contribution is 0.181. The number of benzene rings is 2. The lowest BCUT2D eigenvalue weighted by atomic mass is 10.0. The van der Waals surface area contributed by atoms with Gasteiger partial charge < -0.3 is 9.29 Å². The highest BCUT2D eigenvalue weighted by Crippen LogP contribution is 2.31. The number of nitrogens with zero attached hydrogens (tertiary/aromatic N) is 1. The Hall–Kier alpha value is -2.05. The summed E-state index contributed by atoms with van der Waals surface area (Å²) in [5.41, 5.74) is 2.36. The minimum Gasteiger partial charge on any atom is -0.467 e. The number of alkyl halides is 1. The van der Waals surface area contributed by atoms with Gasteiger partial charge in [-0.15, -0.1) is 0 Å². The zero-order chi connectivity index (χ0) is 16.2. The normalized spacial score (nSPS) is 21.6. The van der Waals surface area contributed by atoms with Gasteiger partial charge in [-0.2, -0.15) is 0 Å². The molecule has 3 atom stereocenters. The van der Waals surface area contributed by atoms with Gasteiger partial charge in [0, 0.05) is 5.56 Å². The predicted molar refractivity (Wildman–Crippen MR) is 87.5 cm³/mol. The first kappa shape index (κ1) is 15.8. The molecule has 0 amide bonds. The maximum Gasteiger partial charge on any atom is 0.217 e. The average molecular weight is 333 g/mol. The van der Waals surface area contributed by atoms with Crippen molar-refractivity contribution in [1.29, 1.82) is 0 Å². The predicted octanol–water partition coefficient (Wildman–Crippen LogP) is 3.26. The van der Waals surface area contributed by atoms with E-state index in [0.717, 1.165) is 16.7 Å². The van der Waals surface area contributed by atoms with E-state index in [2.05, 4.69) is 4.99 Å². The van der Waals surface area contributed by atoms with Crippen LogP contribution in [0.5, 0.6) is 0 Å². The van der Waals surface area contributed by atoms with Crippen molar-refractivity contribution in [3.05, 3.63) is 71.3 Å². The molecule has 0 spiro atoms. The van der Waals surface area contributed by atoms with Crippen molar-refractivity contribution in [2.75, 3.05) is 6.67 Å². The second-order valence-corrected chi connectivity index (χ2v) is 6.20. The van der Waals surface area contributed by atoms with Crippen LogP contribution in [-0.4, -0.2) is 27.4 Å². The van der Waals surface area contributed by atoms with Gasteiger partial charge in [0.15, 0.2) is 17.2 Å². The molecule has 6 heteroatoms. The Morgan fingerprint density at radius 3 is 2.43 bits per heavy atom. The van der Waals surface area contributed by atoms with Crippen LogP contribution in [0.25, 0.3) is 0 Å². The summed E-state index contributed by atoms with van der Waals surface area (Å²) in [5, 5.41) is 0. The van der Waals surface area contributed by atoms with E-state index in [1.54, 1.807) is 24.3 Å². The molecule has 0 aromatic heterocycles. The molecule has 0 bridgehead atoms. The van der Waals surface area contributed by atoms with Gasteiger partial charge in [-0.3, -0.25) is 0 Å². The molecule has 1 N–H and O–H groups in total. The van der Waals surface area contributed by atoms with Crippen molar-refractivity contribution in [1.82, 2.24) is 0 Å². The molecule has 0 saturated carbocycles. The molecule has 0 aliphatic carbocycles. The molecule has 4 nitrogen and oxygen atoms in total. The summed E-state index contributed by atoms with van der Waals surface area (Å²) in [5.74, 6) is 0.517. The number of aliphatic imine (C=N–C) groups is 1. The number of ether oxygens (including phenoxy) is 1. The topological polar surface area (TPSA) is 58.9 Å². The molecule has 1 unspecified atom stereocenters. The van der Waals surface area contributed by atoms with Crippen molar-refractivity contribution < 1.29 is 17.9 Å². The third kappa shape index (κ3) is 3.65. The van der Waals surface area contributed by atoms with Crippen LogP contribution in [0.15, 0.2) is 59.6 Å². The van der Waals surface area contributed by atoms with E-state index in [9.17, 15) is 8.60 Å². The van der Waals surface area contributed by atoms with Crippen LogP contribution >= 0.6 is 0 Å². The molecular formula is C17H16FNO3S. The highest BCUT2D eigenvalue weighted by Gasteiger charge is 2.32. The highest BCUT2D eigenvalue weighted by atomic mass is 32.2. The summed E-state index contributed by atoms with van der Waals surface area (Å²) in [4.78, 5) is 4.34. The van der Waals surface area contributed by atoms with E-state index in [1.165, 1.54) is 0 Å². The molecule has 0 saturated heterocycles. The second-order valence-electron chi connectivity index (χ2n) is 5.27.